The number of amides is 1. The van der Waals surface area contributed by atoms with Crippen LogP contribution in [0.3, 0.4) is 0 Å². The van der Waals surface area contributed by atoms with Crippen LogP contribution in [0.4, 0.5) is 5.69 Å². The van der Waals surface area contributed by atoms with Crippen molar-refractivity contribution in [2.45, 2.75) is 45.1 Å². The van der Waals surface area contributed by atoms with Crippen LogP contribution in [0.25, 0.3) is 0 Å². The molecule has 1 aliphatic rings. The van der Waals surface area contributed by atoms with Gasteiger partial charge < -0.3 is 10.4 Å². The van der Waals surface area contributed by atoms with Crippen LogP contribution in [0.2, 0.25) is 0 Å². The van der Waals surface area contributed by atoms with Gasteiger partial charge in [-0.05, 0) is 44.1 Å². The highest BCUT2D eigenvalue weighted by molar-refractivity contribution is 5.99. The van der Waals surface area contributed by atoms with Crippen molar-refractivity contribution < 1.29 is 19.6 Å². The van der Waals surface area contributed by atoms with Crippen LogP contribution in [0.5, 0.6) is 0 Å². The molecule has 1 aliphatic carbocycles. The Labute approximate surface area is 133 Å². The molecule has 0 radical (unpaired) electrons. The Bertz CT molecular complexity index is 648. The number of carbonyl (C=O) groups excluding carboxylic acids is 1. The van der Waals surface area contributed by atoms with Crippen molar-refractivity contribution in [3.63, 3.8) is 0 Å². The maximum atomic E-state index is 12.5. The summed E-state index contributed by atoms with van der Waals surface area (Å²) in [5, 5.41) is 23.0. The number of hydrogen-bond donors (Lipinski definition) is 2. The highest BCUT2D eigenvalue weighted by Gasteiger charge is 2.42. The zero-order valence-corrected chi connectivity index (χ0v) is 13.2. The lowest BCUT2D eigenvalue weighted by Gasteiger charge is -2.36. The molecule has 1 aromatic rings. The molecule has 0 bridgehead atoms. The first-order valence-corrected chi connectivity index (χ1v) is 7.56. The Morgan fingerprint density at radius 3 is 2.48 bits per heavy atom. The third-order valence-electron chi connectivity index (χ3n) is 4.57. The lowest BCUT2D eigenvalue weighted by molar-refractivity contribution is -0.384. The maximum Gasteiger partial charge on any atom is 0.329 e. The SMILES string of the molecule is Cc1ccc([N+](=O)[O-])cc1C(=O)NC1(C(=O)O)CCC(C)CC1. The molecule has 1 amide bonds. The van der Waals surface area contributed by atoms with Crippen molar-refractivity contribution in [3.8, 4) is 0 Å². The number of non-ortho nitro benzene ring substituents is 1. The molecule has 0 saturated heterocycles. The Kier molecular flexibility index (Phi) is 4.68. The van der Waals surface area contributed by atoms with Gasteiger partial charge in [0.15, 0.2) is 0 Å². The fourth-order valence-electron chi connectivity index (χ4n) is 2.90. The zero-order chi connectivity index (χ0) is 17.2. The molecule has 0 aromatic heterocycles. The number of benzene rings is 1. The van der Waals surface area contributed by atoms with E-state index in [0.29, 0.717) is 24.3 Å². The molecule has 0 atom stereocenters. The third kappa shape index (κ3) is 3.49. The number of hydrogen-bond acceptors (Lipinski definition) is 4. The van der Waals surface area contributed by atoms with Gasteiger partial charge >= 0.3 is 5.97 Å². The molecule has 0 heterocycles. The van der Waals surface area contributed by atoms with Crippen LogP contribution in [0.1, 0.15) is 48.5 Å². The van der Waals surface area contributed by atoms with Crippen molar-refractivity contribution in [1.29, 1.82) is 0 Å². The van der Waals surface area contributed by atoms with Crippen molar-refractivity contribution in [2.24, 2.45) is 5.92 Å². The summed E-state index contributed by atoms with van der Waals surface area (Å²) in [7, 11) is 0. The number of nitrogens with zero attached hydrogens (tertiary/aromatic N) is 1. The molecule has 1 fully saturated rings. The van der Waals surface area contributed by atoms with Crippen LogP contribution >= 0.6 is 0 Å². The summed E-state index contributed by atoms with van der Waals surface area (Å²) in [6.07, 6.45) is 2.17. The summed E-state index contributed by atoms with van der Waals surface area (Å²) in [4.78, 5) is 34.5. The van der Waals surface area contributed by atoms with Crippen LogP contribution < -0.4 is 5.32 Å². The molecule has 7 nitrogen and oxygen atoms in total. The first-order valence-electron chi connectivity index (χ1n) is 7.56. The summed E-state index contributed by atoms with van der Waals surface area (Å²) >= 11 is 0. The molecule has 7 heteroatoms. The van der Waals surface area contributed by atoms with Crippen LogP contribution in [-0.4, -0.2) is 27.4 Å². The van der Waals surface area contributed by atoms with E-state index < -0.39 is 22.3 Å². The molecule has 2 N–H and O–H groups in total. The first kappa shape index (κ1) is 16.9. The summed E-state index contributed by atoms with van der Waals surface area (Å²) in [6, 6.07) is 4.00. The normalized spacial score (nSPS) is 24.0. The number of nitrogens with one attached hydrogen (secondary N) is 1. The van der Waals surface area contributed by atoms with E-state index in [1.165, 1.54) is 18.2 Å². The largest absolute Gasteiger partial charge is 0.480 e. The van der Waals surface area contributed by atoms with E-state index in [1.54, 1.807) is 6.92 Å². The standard InChI is InChI=1S/C16H20N2O5/c1-10-5-7-16(8-6-10,15(20)21)17-14(19)13-9-12(18(22)23)4-3-11(13)2/h3-4,9-10H,5-8H2,1-2H3,(H,17,19)(H,20,21). The van der Waals surface area contributed by atoms with Gasteiger partial charge in [-0.3, -0.25) is 14.9 Å². The van der Waals surface area contributed by atoms with Crippen LogP contribution in [-0.2, 0) is 4.79 Å². The zero-order valence-electron chi connectivity index (χ0n) is 13.2. The van der Waals surface area contributed by atoms with Gasteiger partial charge in [0, 0.05) is 17.7 Å². The number of nitro benzene ring substituents is 1. The van der Waals surface area contributed by atoms with Gasteiger partial charge in [-0.25, -0.2) is 4.79 Å². The molecule has 0 aliphatic heterocycles. The number of rotatable bonds is 4. The van der Waals surface area contributed by atoms with Gasteiger partial charge in [0.05, 0.1) is 4.92 Å². The number of aliphatic carboxylic acids is 1. The van der Waals surface area contributed by atoms with E-state index in [-0.39, 0.29) is 11.3 Å². The van der Waals surface area contributed by atoms with E-state index in [9.17, 15) is 24.8 Å². The Hall–Kier alpha value is -2.44. The summed E-state index contributed by atoms with van der Waals surface area (Å²) < 4.78 is 0. The monoisotopic (exact) mass is 320 g/mol. The van der Waals surface area contributed by atoms with Crippen LogP contribution in [0.15, 0.2) is 18.2 Å². The second-order valence-corrected chi connectivity index (χ2v) is 6.28. The van der Waals surface area contributed by atoms with Gasteiger partial charge in [0.1, 0.15) is 5.54 Å². The Morgan fingerprint density at radius 2 is 1.96 bits per heavy atom. The molecule has 1 saturated carbocycles. The molecule has 23 heavy (non-hydrogen) atoms. The lowest BCUT2D eigenvalue weighted by atomic mass is 9.77. The maximum absolute atomic E-state index is 12.5. The molecule has 2 rings (SSSR count). The van der Waals surface area contributed by atoms with E-state index in [4.69, 9.17) is 0 Å². The van der Waals surface area contributed by atoms with Gasteiger partial charge in [0.2, 0.25) is 0 Å². The van der Waals surface area contributed by atoms with Crippen molar-refractivity contribution in [2.75, 3.05) is 0 Å². The predicted octanol–water partition coefficient (Wildman–Crippen LogP) is 2.67. The van der Waals surface area contributed by atoms with Gasteiger partial charge in [0.25, 0.3) is 11.6 Å². The summed E-state index contributed by atoms with van der Waals surface area (Å²) in [5.41, 5.74) is -0.778. The van der Waals surface area contributed by atoms with E-state index in [1.807, 2.05) is 0 Å². The van der Waals surface area contributed by atoms with E-state index >= 15 is 0 Å². The van der Waals surface area contributed by atoms with Gasteiger partial charge in [-0.2, -0.15) is 0 Å². The molecule has 1 aromatic carbocycles. The van der Waals surface area contributed by atoms with Crippen LogP contribution in [0, 0.1) is 23.0 Å². The Balaban J connectivity index is 2.28. The van der Waals surface area contributed by atoms with E-state index in [0.717, 1.165) is 12.8 Å². The molecule has 0 unspecified atom stereocenters. The smallest absolute Gasteiger partial charge is 0.329 e. The minimum atomic E-state index is -1.29. The summed E-state index contributed by atoms with van der Waals surface area (Å²) in [6.45, 7) is 3.72. The number of carboxylic acid groups (broad SMARTS) is 1. The molecule has 0 spiro atoms. The quantitative estimate of drug-likeness (QED) is 0.654. The second-order valence-electron chi connectivity index (χ2n) is 6.28. The average Bonchev–Trinajstić information content (AvgIpc) is 2.49. The lowest BCUT2D eigenvalue weighted by Crippen LogP contribution is -2.56. The van der Waals surface area contributed by atoms with Crippen molar-refractivity contribution >= 4 is 17.6 Å². The molecule has 124 valence electrons. The number of carbonyl (C=O) groups is 2. The van der Waals surface area contributed by atoms with Gasteiger partial charge in [-0.1, -0.05) is 13.0 Å². The van der Waals surface area contributed by atoms with Gasteiger partial charge in [-0.15, -0.1) is 0 Å². The highest BCUT2D eigenvalue weighted by atomic mass is 16.6. The summed E-state index contributed by atoms with van der Waals surface area (Å²) in [5.74, 6) is -1.21. The average molecular weight is 320 g/mol. The van der Waals surface area contributed by atoms with Crippen molar-refractivity contribution in [1.82, 2.24) is 5.32 Å². The minimum absolute atomic E-state index is 0.137. The molecular weight excluding hydrogens is 300 g/mol. The first-order chi connectivity index (χ1) is 10.7. The Morgan fingerprint density at radius 1 is 1.35 bits per heavy atom. The number of aryl methyl sites for hydroxylation is 1. The fourth-order valence-corrected chi connectivity index (χ4v) is 2.90. The predicted molar refractivity (Wildman–Crippen MR) is 83.3 cm³/mol. The van der Waals surface area contributed by atoms with E-state index in [2.05, 4.69) is 12.2 Å². The highest BCUT2D eigenvalue weighted by Crippen LogP contribution is 2.32. The fraction of sp³-hybridized carbons (Fsp3) is 0.500. The van der Waals surface area contributed by atoms with Crippen molar-refractivity contribution in [3.05, 3.63) is 39.4 Å². The number of nitro groups is 1. The number of carboxylic acids is 1. The minimum Gasteiger partial charge on any atom is -0.480 e. The third-order valence-corrected chi connectivity index (χ3v) is 4.57. The topological polar surface area (TPSA) is 110 Å². The second kappa shape index (κ2) is 6.36. The molecular formula is C16H20N2O5.